The molecular weight excluding hydrogens is 218 g/mol. The fourth-order valence-corrected chi connectivity index (χ4v) is 1.35. The number of H-pyrrole nitrogens is 1. The molecule has 6 heteroatoms. The molecule has 0 aliphatic rings. The molecule has 0 aliphatic heterocycles. The molecule has 6 nitrogen and oxygen atoms in total. The number of hydrogen-bond acceptors (Lipinski definition) is 4. The Morgan fingerprint density at radius 3 is 2.65 bits per heavy atom. The lowest BCUT2D eigenvalue weighted by Gasteiger charge is -2.18. The maximum Gasteiger partial charge on any atom is 0.239 e. The first-order chi connectivity index (χ1) is 7.78. The number of carbonyl (C=O) groups excluding carboxylic acids is 1. The summed E-state index contributed by atoms with van der Waals surface area (Å²) in [6, 6.07) is -0.202. The van der Waals surface area contributed by atoms with Gasteiger partial charge < -0.3 is 11.1 Å². The molecule has 17 heavy (non-hydrogen) atoms. The fourth-order valence-electron chi connectivity index (χ4n) is 1.35. The van der Waals surface area contributed by atoms with Crippen molar-refractivity contribution in [2.24, 2.45) is 5.41 Å². The molecule has 1 atom stereocenters. The van der Waals surface area contributed by atoms with Gasteiger partial charge in [-0.15, -0.1) is 5.10 Å². The highest BCUT2D eigenvalue weighted by Gasteiger charge is 2.16. The first-order valence-corrected chi connectivity index (χ1v) is 5.75. The van der Waals surface area contributed by atoms with Gasteiger partial charge in [0.1, 0.15) is 5.82 Å². The van der Waals surface area contributed by atoms with Crippen molar-refractivity contribution >= 4 is 11.9 Å². The monoisotopic (exact) mass is 239 g/mol. The van der Waals surface area contributed by atoms with Gasteiger partial charge in [0.05, 0.1) is 6.04 Å². The number of aromatic amines is 1. The quantitative estimate of drug-likeness (QED) is 0.739. The molecule has 0 saturated carbocycles. The van der Waals surface area contributed by atoms with E-state index in [1.807, 2.05) is 6.92 Å². The van der Waals surface area contributed by atoms with E-state index in [2.05, 4.69) is 41.3 Å². The standard InChI is InChI=1S/C11H21N5O/c1-7(9-14-10(12)16-15-9)13-8(17)5-6-11(2,3)4/h7H,5-6H2,1-4H3,(H,13,17)(H3,12,14,15,16)/t7-/m1/s1. The number of nitrogen functional groups attached to an aromatic ring is 1. The third-order valence-electron chi connectivity index (χ3n) is 2.41. The van der Waals surface area contributed by atoms with Gasteiger partial charge in [0.2, 0.25) is 11.9 Å². The molecule has 1 aromatic heterocycles. The van der Waals surface area contributed by atoms with E-state index in [0.29, 0.717) is 12.2 Å². The van der Waals surface area contributed by atoms with Crippen LogP contribution in [0.15, 0.2) is 0 Å². The average Bonchev–Trinajstić information content (AvgIpc) is 2.61. The van der Waals surface area contributed by atoms with Crippen LogP contribution in [0.4, 0.5) is 5.95 Å². The lowest BCUT2D eigenvalue weighted by molar-refractivity contribution is -0.122. The van der Waals surface area contributed by atoms with Crippen molar-refractivity contribution in [3.8, 4) is 0 Å². The van der Waals surface area contributed by atoms with Gasteiger partial charge >= 0.3 is 0 Å². The van der Waals surface area contributed by atoms with Crippen LogP contribution in [0.5, 0.6) is 0 Å². The van der Waals surface area contributed by atoms with Crippen LogP contribution in [-0.4, -0.2) is 21.1 Å². The van der Waals surface area contributed by atoms with Crippen molar-refractivity contribution in [3.05, 3.63) is 5.82 Å². The Bertz CT molecular complexity index is 379. The normalized spacial score (nSPS) is 13.4. The van der Waals surface area contributed by atoms with Gasteiger partial charge in [-0.25, -0.2) is 0 Å². The summed E-state index contributed by atoms with van der Waals surface area (Å²) >= 11 is 0. The number of hydrogen-bond donors (Lipinski definition) is 3. The van der Waals surface area contributed by atoms with Gasteiger partial charge in [0, 0.05) is 6.42 Å². The Kier molecular flexibility index (Phi) is 4.09. The van der Waals surface area contributed by atoms with Crippen LogP contribution in [0.2, 0.25) is 0 Å². The van der Waals surface area contributed by atoms with E-state index in [4.69, 9.17) is 5.73 Å². The van der Waals surface area contributed by atoms with Gasteiger partial charge in [-0.1, -0.05) is 20.8 Å². The highest BCUT2D eigenvalue weighted by atomic mass is 16.1. The lowest BCUT2D eigenvalue weighted by atomic mass is 9.90. The number of carbonyl (C=O) groups is 1. The fraction of sp³-hybridized carbons (Fsp3) is 0.727. The zero-order valence-corrected chi connectivity index (χ0v) is 10.9. The minimum absolute atomic E-state index is 0.0161. The second kappa shape index (κ2) is 5.16. The Balaban J connectivity index is 2.41. The molecule has 0 aliphatic carbocycles. The van der Waals surface area contributed by atoms with E-state index >= 15 is 0 Å². The molecule has 1 rings (SSSR count). The molecule has 1 amide bonds. The predicted molar refractivity (Wildman–Crippen MR) is 66.0 cm³/mol. The van der Waals surface area contributed by atoms with Crippen molar-refractivity contribution in [2.75, 3.05) is 5.73 Å². The van der Waals surface area contributed by atoms with Crippen molar-refractivity contribution in [2.45, 2.75) is 46.6 Å². The van der Waals surface area contributed by atoms with Gasteiger partial charge in [-0.3, -0.25) is 9.89 Å². The lowest BCUT2D eigenvalue weighted by Crippen LogP contribution is -2.28. The second-order valence-electron chi connectivity index (χ2n) is 5.43. The minimum Gasteiger partial charge on any atom is -0.367 e. The van der Waals surface area contributed by atoms with Gasteiger partial charge in [0.15, 0.2) is 0 Å². The molecule has 0 fully saturated rings. The molecule has 0 radical (unpaired) electrons. The summed E-state index contributed by atoms with van der Waals surface area (Å²) in [5, 5.41) is 9.26. The molecule has 0 aromatic carbocycles. The molecule has 96 valence electrons. The van der Waals surface area contributed by atoms with Crippen LogP contribution < -0.4 is 11.1 Å². The Hall–Kier alpha value is -1.59. The van der Waals surface area contributed by atoms with Crippen LogP contribution in [-0.2, 0) is 4.79 Å². The van der Waals surface area contributed by atoms with Crippen LogP contribution in [0, 0.1) is 5.41 Å². The predicted octanol–water partition coefficient (Wildman–Crippen LogP) is 1.39. The molecule has 0 unspecified atom stereocenters. The Morgan fingerprint density at radius 2 is 2.18 bits per heavy atom. The van der Waals surface area contributed by atoms with Gasteiger partial charge in [-0.05, 0) is 18.8 Å². The van der Waals surface area contributed by atoms with Crippen molar-refractivity contribution in [1.29, 1.82) is 0 Å². The summed E-state index contributed by atoms with van der Waals surface area (Å²) in [7, 11) is 0. The average molecular weight is 239 g/mol. The number of nitrogens with one attached hydrogen (secondary N) is 2. The van der Waals surface area contributed by atoms with Crippen molar-refractivity contribution in [1.82, 2.24) is 20.5 Å². The molecule has 0 spiro atoms. The van der Waals surface area contributed by atoms with E-state index in [9.17, 15) is 4.79 Å². The summed E-state index contributed by atoms with van der Waals surface area (Å²) in [4.78, 5) is 15.6. The molecule has 1 aromatic rings. The molecular formula is C11H21N5O. The van der Waals surface area contributed by atoms with Crippen LogP contribution >= 0.6 is 0 Å². The van der Waals surface area contributed by atoms with E-state index < -0.39 is 0 Å². The van der Waals surface area contributed by atoms with E-state index in [1.54, 1.807) is 0 Å². The SMILES string of the molecule is C[C@@H](NC(=O)CCC(C)(C)C)c1nc(N)n[nH]1. The van der Waals surface area contributed by atoms with E-state index in [0.717, 1.165) is 6.42 Å². The summed E-state index contributed by atoms with van der Waals surface area (Å²) in [6.07, 6.45) is 1.36. The zero-order valence-electron chi connectivity index (χ0n) is 10.9. The topological polar surface area (TPSA) is 96.7 Å². The first kappa shape index (κ1) is 13.5. The third-order valence-corrected chi connectivity index (χ3v) is 2.41. The first-order valence-electron chi connectivity index (χ1n) is 5.75. The maximum absolute atomic E-state index is 11.7. The van der Waals surface area contributed by atoms with Gasteiger partial charge in [0.25, 0.3) is 0 Å². The molecule has 0 saturated heterocycles. The second-order valence-corrected chi connectivity index (χ2v) is 5.43. The van der Waals surface area contributed by atoms with Crippen LogP contribution in [0.3, 0.4) is 0 Å². The highest BCUT2D eigenvalue weighted by Crippen LogP contribution is 2.20. The smallest absolute Gasteiger partial charge is 0.239 e. The summed E-state index contributed by atoms with van der Waals surface area (Å²) in [5.41, 5.74) is 5.56. The number of anilines is 1. The summed E-state index contributed by atoms with van der Waals surface area (Å²) in [6.45, 7) is 8.18. The number of aromatic nitrogens is 3. The summed E-state index contributed by atoms with van der Waals surface area (Å²) in [5.74, 6) is 0.782. The van der Waals surface area contributed by atoms with E-state index in [-0.39, 0.29) is 23.3 Å². The Morgan fingerprint density at radius 1 is 1.53 bits per heavy atom. The van der Waals surface area contributed by atoms with Gasteiger partial charge in [-0.2, -0.15) is 4.98 Å². The highest BCUT2D eigenvalue weighted by molar-refractivity contribution is 5.76. The number of nitrogens with zero attached hydrogens (tertiary/aromatic N) is 2. The summed E-state index contributed by atoms with van der Waals surface area (Å²) < 4.78 is 0. The Labute approximate surface area is 101 Å². The number of nitrogens with two attached hydrogens (primary N) is 1. The molecule has 1 heterocycles. The maximum atomic E-state index is 11.7. The molecule has 0 bridgehead atoms. The number of amides is 1. The minimum atomic E-state index is -0.202. The largest absolute Gasteiger partial charge is 0.367 e. The zero-order chi connectivity index (χ0) is 13.1. The van der Waals surface area contributed by atoms with Crippen LogP contribution in [0.25, 0.3) is 0 Å². The van der Waals surface area contributed by atoms with Crippen LogP contribution in [0.1, 0.15) is 52.4 Å². The van der Waals surface area contributed by atoms with E-state index in [1.165, 1.54) is 0 Å². The molecule has 4 N–H and O–H groups in total. The van der Waals surface area contributed by atoms with Crippen molar-refractivity contribution < 1.29 is 4.79 Å². The van der Waals surface area contributed by atoms with Crippen molar-refractivity contribution in [3.63, 3.8) is 0 Å². The number of rotatable bonds is 4. The third kappa shape index (κ3) is 4.84.